The van der Waals surface area contributed by atoms with E-state index in [0.717, 1.165) is 30.9 Å². The molecule has 12 amide bonds. The van der Waals surface area contributed by atoms with Gasteiger partial charge in [0, 0.05) is 80.3 Å². The summed E-state index contributed by atoms with van der Waals surface area (Å²) in [7, 11) is 9.57. The van der Waals surface area contributed by atoms with Gasteiger partial charge in [0.25, 0.3) is 0 Å². The van der Waals surface area contributed by atoms with Crippen molar-refractivity contribution in [2.24, 2.45) is 23.7 Å². The third-order valence-electron chi connectivity index (χ3n) is 18.5. The number of nitrogens with one attached hydrogen (secondary N) is 4. The number of hydrogen-bond donors (Lipinski definition) is 5. The van der Waals surface area contributed by atoms with Gasteiger partial charge in [-0.05, 0) is 107 Å². The highest BCUT2D eigenvalue weighted by Gasteiger charge is 2.44. The van der Waals surface area contributed by atoms with E-state index in [1.165, 1.54) is 66.1 Å². The van der Waals surface area contributed by atoms with Gasteiger partial charge in [0.15, 0.2) is 0 Å². The molecule has 4 rings (SSSR count). The molecule has 2 heterocycles. The van der Waals surface area contributed by atoms with E-state index in [9.17, 15) is 38.7 Å². The molecule has 2 aromatic rings. The van der Waals surface area contributed by atoms with Crippen molar-refractivity contribution in [3.63, 3.8) is 0 Å². The minimum Gasteiger partial charge on any atom is -0.391 e. The van der Waals surface area contributed by atoms with Crippen LogP contribution in [0, 0.1) is 23.7 Å². The van der Waals surface area contributed by atoms with Crippen molar-refractivity contribution >= 4 is 82.5 Å². The van der Waals surface area contributed by atoms with Crippen LogP contribution in [-0.2, 0) is 75.1 Å². The highest BCUT2D eigenvalue weighted by Crippen LogP contribution is 2.24. The lowest BCUT2D eigenvalue weighted by atomic mass is 9.94. The molecule has 552 valence electrons. The van der Waals surface area contributed by atoms with Crippen LogP contribution in [0.25, 0.3) is 0 Å². The number of nitrogens with zero attached hydrogens (tertiary/aromatic N) is 8. The maximum Gasteiger partial charge on any atom is 0.248 e. The van der Waals surface area contributed by atoms with Crippen molar-refractivity contribution in [1.29, 1.82) is 0 Å². The summed E-state index contributed by atoms with van der Waals surface area (Å²) < 4.78 is 6.17. The van der Waals surface area contributed by atoms with E-state index in [1.54, 1.807) is 101 Å². The maximum atomic E-state index is 15.3. The highest BCUT2D eigenvalue weighted by atomic mass is 35.5. The van der Waals surface area contributed by atoms with Crippen LogP contribution in [-0.4, -0.2) is 263 Å². The van der Waals surface area contributed by atoms with Gasteiger partial charge in [-0.2, -0.15) is 0 Å². The Bertz CT molecular complexity index is 3100. The minimum atomic E-state index is -1.67. The molecule has 0 unspecified atom stereocenters. The molecule has 0 bridgehead atoms. The summed E-state index contributed by atoms with van der Waals surface area (Å²) in [6, 6.07) is 2.88. The van der Waals surface area contributed by atoms with Crippen LogP contribution in [0.15, 0.2) is 54.6 Å². The molecule has 99 heavy (non-hydrogen) atoms. The van der Waals surface area contributed by atoms with Crippen LogP contribution in [0.5, 0.6) is 0 Å². The summed E-state index contributed by atoms with van der Waals surface area (Å²) in [5, 5.41) is 22.8. The molecule has 5 N–H and O–H groups in total. The number of carbonyl (C=O) groups is 12. The van der Waals surface area contributed by atoms with Crippen molar-refractivity contribution < 1.29 is 67.4 Å². The Kier molecular flexibility index (Phi) is 32.3. The molecule has 2 saturated heterocycles. The largest absolute Gasteiger partial charge is 0.391 e. The minimum absolute atomic E-state index is 0.0440. The van der Waals surface area contributed by atoms with Gasteiger partial charge in [-0.25, -0.2) is 0 Å². The van der Waals surface area contributed by atoms with Crippen molar-refractivity contribution in [3.05, 3.63) is 70.7 Å². The van der Waals surface area contributed by atoms with E-state index in [0.29, 0.717) is 48.5 Å². The molecule has 0 spiro atoms. The van der Waals surface area contributed by atoms with Crippen LogP contribution < -0.4 is 21.3 Å². The van der Waals surface area contributed by atoms with Crippen molar-refractivity contribution in [2.75, 3.05) is 82.1 Å². The number of aliphatic hydroxyl groups is 1. The van der Waals surface area contributed by atoms with Crippen LogP contribution >= 0.6 is 11.6 Å². The second kappa shape index (κ2) is 38.2. The zero-order valence-corrected chi connectivity index (χ0v) is 62.6. The molecule has 2 aromatic carbocycles. The molecule has 2 fully saturated rings. The molecule has 27 heteroatoms. The number of amides is 12. The predicted octanol–water partition coefficient (Wildman–Crippen LogP) is 3.52. The number of aliphatic hydroxyl groups excluding tert-OH is 1. The smallest absolute Gasteiger partial charge is 0.248 e. The second-order valence-electron chi connectivity index (χ2n) is 29.1. The topological polar surface area (TPSA) is 308 Å². The van der Waals surface area contributed by atoms with Gasteiger partial charge < -0.3 is 70.3 Å². The Balaban J connectivity index is 1.96. The third kappa shape index (κ3) is 24.3. The number of ether oxygens (including phenoxy) is 1. The molecule has 0 saturated carbocycles. The molecule has 2 aliphatic rings. The van der Waals surface area contributed by atoms with E-state index in [2.05, 4.69) is 21.3 Å². The van der Waals surface area contributed by atoms with E-state index >= 15 is 24.0 Å². The number of rotatable bonds is 15. The first-order valence-electron chi connectivity index (χ1n) is 34.6. The number of likely N-dealkylation sites (N-methyl/N-ethyl adjacent to an activating group) is 7. The predicted molar refractivity (Wildman–Crippen MR) is 377 cm³/mol. The quantitative estimate of drug-likeness (QED) is 0.171. The van der Waals surface area contributed by atoms with Crippen molar-refractivity contribution in [2.45, 2.75) is 207 Å². The maximum absolute atomic E-state index is 15.3. The Morgan fingerprint density at radius 2 is 1.03 bits per heavy atom. The van der Waals surface area contributed by atoms with Crippen LogP contribution in [0.2, 0.25) is 5.02 Å². The first kappa shape index (κ1) is 83.7. The number of benzene rings is 2. The van der Waals surface area contributed by atoms with Crippen LogP contribution in [0.3, 0.4) is 0 Å². The summed E-state index contributed by atoms with van der Waals surface area (Å²) in [5.41, 5.74) is 0.354. The molecular weight excluding hydrogens is 1290 g/mol. The van der Waals surface area contributed by atoms with E-state index in [1.807, 2.05) is 34.6 Å². The summed E-state index contributed by atoms with van der Waals surface area (Å²) in [5.74, 6) is -10.7. The average molecular weight is 1410 g/mol. The summed E-state index contributed by atoms with van der Waals surface area (Å²) >= 11 is 6.28. The molecule has 0 aromatic heterocycles. The first-order valence-corrected chi connectivity index (χ1v) is 35.0. The average Bonchev–Trinajstić information content (AvgIpc) is 0.830. The zero-order chi connectivity index (χ0) is 74.7. The lowest BCUT2D eigenvalue weighted by Crippen LogP contribution is -2.62. The number of likely N-dealkylation sites (tertiary alicyclic amines) is 1. The van der Waals surface area contributed by atoms with Crippen molar-refractivity contribution in [3.8, 4) is 0 Å². The normalized spacial score (nSPS) is 24.9. The van der Waals surface area contributed by atoms with E-state index in [4.69, 9.17) is 16.3 Å². The number of piperidine rings is 1. The number of carbonyl (C=O) groups excluding carboxylic acids is 12. The first-order chi connectivity index (χ1) is 46.2. The van der Waals surface area contributed by atoms with E-state index < -0.39 is 175 Å². The standard InChI is InChI=1S/C72H113ClN12O14/c1-20-46(8)60-71(98)83(18)54(36-44(4)5)64(91)77-61(47(9)86)70(97)79(14)41-59(89)81(16)56(38-48-27-23-21-24-28-48)69(96)82(17)53(35-43(2)3)63(90)75-52(42-99-72(10,11)12)67(94)84(19)62(45(6)7)66(93)74-51(68(95)85-33-25-22-26-34-85)39-57(87)78(13)40-58(88)80(15)55(65(92)76-60)37-49-29-31-50(73)32-30-49/h21,23-24,27-32,43-47,51-56,60-62,86H,20,22,25-26,33-42H2,1-19H3,(H,74,93)(H,75,90)(H,76,92)(H,77,91)/t46-,47+,51-,52-,53-,54-,55-,56-,60-,61-,62-/m0/s1. The van der Waals surface area contributed by atoms with Gasteiger partial charge in [-0.15, -0.1) is 0 Å². The Morgan fingerprint density at radius 1 is 0.545 bits per heavy atom. The molecule has 0 aliphatic carbocycles. The second-order valence-corrected chi connectivity index (χ2v) is 29.5. The van der Waals surface area contributed by atoms with Gasteiger partial charge in [-0.3, -0.25) is 57.5 Å². The zero-order valence-electron chi connectivity index (χ0n) is 61.9. The van der Waals surface area contributed by atoms with Gasteiger partial charge in [0.1, 0.15) is 54.4 Å². The summed E-state index contributed by atoms with van der Waals surface area (Å²) in [6.07, 6.45) is 0.298. The Hall–Kier alpha value is -7.71. The fourth-order valence-electron chi connectivity index (χ4n) is 12.2. The SMILES string of the molecule is CC[C@H](C)[C@@H]1NC(=O)[C@H](Cc2ccc(Cl)cc2)N(C)C(=O)CN(C)C(=O)C[C@@H](C(=O)N2CCCCC2)NC(=O)[C@H](C(C)C)N(C)C(=O)[C@H](COC(C)(C)C)NC(=O)[C@H](CC(C)C)N(C)C(=O)[C@H](Cc2ccccc2)N(C)C(=O)CN(C)C(=O)[C@H]([C@@H](C)O)NC(=O)[C@H](CC(C)C)N(C)C1=O. The monoisotopic (exact) mass is 1400 g/mol. The van der Waals surface area contributed by atoms with Gasteiger partial charge in [0.05, 0.1) is 37.8 Å². The molecule has 26 nitrogen and oxygen atoms in total. The molecule has 2 aliphatic heterocycles. The molecule has 11 atom stereocenters. The highest BCUT2D eigenvalue weighted by molar-refractivity contribution is 6.30. The van der Waals surface area contributed by atoms with Crippen LogP contribution in [0.1, 0.15) is 139 Å². The lowest BCUT2D eigenvalue weighted by Gasteiger charge is -2.38. The van der Waals surface area contributed by atoms with Gasteiger partial charge >= 0.3 is 0 Å². The Morgan fingerprint density at radius 3 is 1.55 bits per heavy atom. The molecular formula is C72H113ClN12O14. The van der Waals surface area contributed by atoms with Crippen LogP contribution in [0.4, 0.5) is 0 Å². The van der Waals surface area contributed by atoms with E-state index in [-0.39, 0.29) is 37.5 Å². The summed E-state index contributed by atoms with van der Waals surface area (Å²) in [6.45, 7) is 19.8. The summed E-state index contributed by atoms with van der Waals surface area (Å²) in [4.78, 5) is 188. The van der Waals surface area contributed by atoms with Gasteiger partial charge in [-0.1, -0.05) is 116 Å². The number of halogens is 1. The third-order valence-corrected chi connectivity index (χ3v) is 18.8. The fraction of sp³-hybridized carbons (Fsp3) is 0.667. The van der Waals surface area contributed by atoms with Crippen molar-refractivity contribution in [1.82, 2.24) is 60.5 Å². The fourth-order valence-corrected chi connectivity index (χ4v) is 12.3. The molecule has 0 radical (unpaired) electrons. The Labute approximate surface area is 591 Å². The number of hydrogen-bond acceptors (Lipinski definition) is 14. The lowest BCUT2D eigenvalue weighted by molar-refractivity contribution is -0.151. The van der Waals surface area contributed by atoms with Gasteiger partial charge in [0.2, 0.25) is 70.9 Å².